The highest BCUT2D eigenvalue weighted by molar-refractivity contribution is 7.16. The lowest BCUT2D eigenvalue weighted by Gasteiger charge is -2.12. The number of nitrogens with zero attached hydrogens (tertiary/aromatic N) is 1. The molecule has 0 saturated heterocycles. The van der Waals surface area contributed by atoms with E-state index in [4.69, 9.17) is 9.72 Å². The number of nitrogens with one attached hydrogen (secondary N) is 1. The molecule has 0 radical (unpaired) electrons. The van der Waals surface area contributed by atoms with Gasteiger partial charge in [-0.3, -0.25) is 4.79 Å². The van der Waals surface area contributed by atoms with Gasteiger partial charge in [0.15, 0.2) is 0 Å². The number of esters is 1. The molecule has 0 aliphatic heterocycles. The van der Waals surface area contributed by atoms with Crippen LogP contribution in [0.15, 0.2) is 91.0 Å². The molecule has 0 atom stereocenters. The summed E-state index contributed by atoms with van der Waals surface area (Å²) >= 11 is 1.38. The summed E-state index contributed by atoms with van der Waals surface area (Å²) in [6.07, 6.45) is 0.653. The third kappa shape index (κ3) is 5.36. The Morgan fingerprint density at radius 3 is 2.32 bits per heavy atom. The van der Waals surface area contributed by atoms with E-state index in [2.05, 4.69) is 31.3 Å². The summed E-state index contributed by atoms with van der Waals surface area (Å²) in [5.74, 6) is -0.361. The van der Waals surface area contributed by atoms with Crippen LogP contribution in [0.2, 0.25) is 0 Å². The molecule has 6 heteroatoms. The van der Waals surface area contributed by atoms with E-state index in [0.717, 1.165) is 26.9 Å². The van der Waals surface area contributed by atoms with Gasteiger partial charge in [0.1, 0.15) is 5.00 Å². The van der Waals surface area contributed by atoms with Gasteiger partial charge in [0.05, 0.1) is 29.4 Å². The summed E-state index contributed by atoms with van der Waals surface area (Å²) in [5, 5.41) is 4.21. The highest BCUT2D eigenvalue weighted by Crippen LogP contribution is 2.32. The Morgan fingerprint density at radius 2 is 1.61 bits per heavy atom. The molecule has 5 nitrogen and oxygen atoms in total. The predicted octanol–water partition coefficient (Wildman–Crippen LogP) is 7.72. The second-order valence-corrected chi connectivity index (χ2v) is 10.5. The van der Waals surface area contributed by atoms with E-state index in [1.165, 1.54) is 24.0 Å². The molecule has 5 rings (SSSR count). The molecule has 0 unspecified atom stereocenters. The van der Waals surface area contributed by atoms with E-state index in [9.17, 15) is 9.59 Å². The first kappa shape index (κ1) is 25.4. The van der Waals surface area contributed by atoms with Crippen molar-refractivity contribution in [3.8, 4) is 11.3 Å². The third-order valence-corrected chi connectivity index (χ3v) is 7.52. The van der Waals surface area contributed by atoms with Crippen molar-refractivity contribution in [2.75, 3.05) is 12.4 Å². The van der Waals surface area contributed by atoms with Gasteiger partial charge in [0.2, 0.25) is 0 Å². The van der Waals surface area contributed by atoms with Crippen molar-refractivity contribution in [2.45, 2.75) is 26.2 Å². The van der Waals surface area contributed by atoms with Gasteiger partial charge in [-0.05, 0) is 35.2 Å². The maximum absolute atomic E-state index is 13.7. The number of anilines is 1. The van der Waals surface area contributed by atoms with E-state index in [0.29, 0.717) is 34.2 Å². The number of aromatic nitrogens is 1. The number of carbonyl (C=O) groups is 2. The lowest BCUT2D eigenvalue weighted by molar-refractivity contribution is 0.0602. The second kappa shape index (κ2) is 11.0. The number of carbonyl (C=O) groups excluding carboxylic acids is 2. The van der Waals surface area contributed by atoms with Crippen LogP contribution >= 0.6 is 11.3 Å². The van der Waals surface area contributed by atoms with Gasteiger partial charge in [-0.1, -0.05) is 86.6 Å². The molecule has 0 aliphatic carbocycles. The average Bonchev–Trinajstić information content (AvgIpc) is 3.34. The average molecular weight is 521 g/mol. The summed E-state index contributed by atoms with van der Waals surface area (Å²) in [6.45, 7) is 4.31. The standard InChI is InChI=1S/C32H28N2O3S/c1-20(2)22-13-15-23(16-14-22)29-19-26(25-11-7-8-12-28(25)33-29)30(35)34-31-27(32(36)37-3)18-24(38-31)17-21-9-5-4-6-10-21/h4-16,18-20H,17H2,1-3H3,(H,34,35). The zero-order valence-electron chi connectivity index (χ0n) is 21.5. The quantitative estimate of drug-likeness (QED) is 0.223. The van der Waals surface area contributed by atoms with E-state index < -0.39 is 5.97 Å². The van der Waals surface area contributed by atoms with Gasteiger partial charge in [0.25, 0.3) is 5.91 Å². The van der Waals surface area contributed by atoms with E-state index in [1.54, 1.807) is 6.07 Å². The van der Waals surface area contributed by atoms with Gasteiger partial charge < -0.3 is 10.1 Å². The molecule has 1 N–H and O–H groups in total. The Balaban J connectivity index is 1.51. The normalized spacial score (nSPS) is 11.1. The molecule has 38 heavy (non-hydrogen) atoms. The van der Waals surface area contributed by atoms with Crippen LogP contribution in [0, 0.1) is 0 Å². The van der Waals surface area contributed by atoms with E-state index >= 15 is 0 Å². The van der Waals surface area contributed by atoms with Gasteiger partial charge in [-0.25, -0.2) is 9.78 Å². The number of hydrogen-bond acceptors (Lipinski definition) is 5. The van der Waals surface area contributed by atoms with Crippen molar-refractivity contribution < 1.29 is 14.3 Å². The minimum atomic E-state index is -0.485. The number of benzene rings is 3. The third-order valence-electron chi connectivity index (χ3n) is 6.47. The molecular weight excluding hydrogens is 492 g/mol. The lowest BCUT2D eigenvalue weighted by atomic mass is 9.99. The molecule has 5 aromatic rings. The maximum atomic E-state index is 13.7. The Hall–Kier alpha value is -4.29. The first-order chi connectivity index (χ1) is 18.4. The summed E-state index contributed by atoms with van der Waals surface area (Å²) in [5.41, 5.74) is 5.58. The molecule has 3 aromatic carbocycles. The molecule has 0 bridgehead atoms. The van der Waals surface area contributed by atoms with Crippen LogP contribution in [0.3, 0.4) is 0 Å². The van der Waals surface area contributed by atoms with Crippen LogP contribution in [0.1, 0.15) is 56.5 Å². The number of amides is 1. The Labute approximate surface area is 226 Å². The molecule has 2 heterocycles. The number of para-hydroxylation sites is 1. The predicted molar refractivity (Wildman–Crippen MR) is 154 cm³/mol. The number of fused-ring (bicyclic) bond motifs is 1. The topological polar surface area (TPSA) is 68.3 Å². The van der Waals surface area contributed by atoms with Crippen LogP contribution in [0.5, 0.6) is 0 Å². The Morgan fingerprint density at radius 1 is 0.895 bits per heavy atom. The SMILES string of the molecule is COC(=O)c1cc(Cc2ccccc2)sc1NC(=O)c1cc(-c2ccc(C(C)C)cc2)nc2ccccc12. The zero-order chi connectivity index (χ0) is 26.6. The Bertz CT molecular complexity index is 1610. The van der Waals surface area contributed by atoms with Crippen molar-refractivity contribution in [1.29, 1.82) is 0 Å². The fraction of sp³-hybridized carbons (Fsp3) is 0.156. The Kier molecular flexibility index (Phi) is 7.33. The molecule has 190 valence electrons. The fourth-order valence-corrected chi connectivity index (χ4v) is 5.47. The molecule has 1 amide bonds. The first-order valence-corrected chi connectivity index (χ1v) is 13.3. The molecule has 0 fully saturated rings. The summed E-state index contributed by atoms with van der Waals surface area (Å²) < 4.78 is 5.01. The number of ether oxygens (including phenoxy) is 1. The van der Waals surface area contributed by atoms with Crippen LogP contribution in [-0.4, -0.2) is 24.0 Å². The highest BCUT2D eigenvalue weighted by atomic mass is 32.1. The summed E-state index contributed by atoms with van der Waals surface area (Å²) in [4.78, 5) is 32.1. The molecule has 2 aromatic heterocycles. The van der Waals surface area contributed by atoms with Crippen molar-refractivity contribution in [3.63, 3.8) is 0 Å². The first-order valence-electron chi connectivity index (χ1n) is 12.5. The van der Waals surface area contributed by atoms with Gasteiger partial charge >= 0.3 is 5.97 Å². The smallest absolute Gasteiger partial charge is 0.340 e. The van der Waals surface area contributed by atoms with E-state index in [-0.39, 0.29) is 5.91 Å². The summed E-state index contributed by atoms with van der Waals surface area (Å²) in [7, 11) is 1.34. The molecular formula is C32H28N2O3S. The molecule has 0 aliphatic rings. The number of hydrogen-bond donors (Lipinski definition) is 1. The maximum Gasteiger partial charge on any atom is 0.340 e. The minimum Gasteiger partial charge on any atom is -0.465 e. The second-order valence-electron chi connectivity index (χ2n) is 9.41. The monoisotopic (exact) mass is 520 g/mol. The van der Waals surface area contributed by atoms with Crippen molar-refractivity contribution in [2.24, 2.45) is 0 Å². The summed E-state index contributed by atoms with van der Waals surface area (Å²) in [6, 6.07) is 29.5. The van der Waals surface area contributed by atoms with Crippen molar-refractivity contribution in [3.05, 3.63) is 118 Å². The highest BCUT2D eigenvalue weighted by Gasteiger charge is 2.21. The number of rotatable bonds is 7. The van der Waals surface area contributed by atoms with Crippen LogP contribution in [0.4, 0.5) is 5.00 Å². The number of methoxy groups -OCH3 is 1. The molecule has 0 saturated carbocycles. The van der Waals surface area contributed by atoms with Crippen molar-refractivity contribution in [1.82, 2.24) is 4.98 Å². The van der Waals surface area contributed by atoms with Gasteiger partial charge in [0, 0.05) is 22.2 Å². The van der Waals surface area contributed by atoms with Crippen LogP contribution < -0.4 is 5.32 Å². The van der Waals surface area contributed by atoms with Crippen LogP contribution in [-0.2, 0) is 11.2 Å². The largest absolute Gasteiger partial charge is 0.465 e. The molecule has 0 spiro atoms. The van der Waals surface area contributed by atoms with Crippen molar-refractivity contribution >= 4 is 39.1 Å². The lowest BCUT2D eigenvalue weighted by Crippen LogP contribution is -2.14. The number of pyridine rings is 1. The van der Waals surface area contributed by atoms with E-state index in [1.807, 2.05) is 72.8 Å². The number of thiophene rings is 1. The zero-order valence-corrected chi connectivity index (χ0v) is 22.3. The van der Waals surface area contributed by atoms with Gasteiger partial charge in [-0.2, -0.15) is 0 Å². The van der Waals surface area contributed by atoms with Gasteiger partial charge in [-0.15, -0.1) is 11.3 Å². The van der Waals surface area contributed by atoms with Crippen LogP contribution in [0.25, 0.3) is 22.2 Å². The fourth-order valence-electron chi connectivity index (χ4n) is 4.40. The minimum absolute atomic E-state index is 0.304.